The molecule has 0 aliphatic heterocycles. The summed E-state index contributed by atoms with van der Waals surface area (Å²) in [6.07, 6.45) is 2.27. The molecular formula is C9H8O4Pb. The third kappa shape index (κ3) is 3.77. The van der Waals surface area contributed by atoms with Gasteiger partial charge in [0.25, 0.3) is 0 Å². The molecule has 14 heavy (non-hydrogen) atoms. The Morgan fingerprint density at radius 3 is 2.36 bits per heavy atom. The minimum Gasteiger partial charge on any atom is -0.504 e. The van der Waals surface area contributed by atoms with Crippen molar-refractivity contribution in [1.29, 1.82) is 0 Å². The van der Waals surface area contributed by atoms with Crippen LogP contribution in [0.4, 0.5) is 0 Å². The Morgan fingerprint density at radius 2 is 1.86 bits per heavy atom. The van der Waals surface area contributed by atoms with Crippen LogP contribution in [0.25, 0.3) is 6.08 Å². The molecule has 0 amide bonds. The molecule has 0 unspecified atom stereocenters. The van der Waals surface area contributed by atoms with Gasteiger partial charge in [-0.05, 0) is 23.8 Å². The minimum atomic E-state index is -1.06. The molecule has 4 radical (unpaired) electrons. The van der Waals surface area contributed by atoms with Crippen LogP contribution in [-0.4, -0.2) is 48.6 Å². The van der Waals surface area contributed by atoms with Crippen LogP contribution < -0.4 is 0 Å². The monoisotopic (exact) mass is 388 g/mol. The van der Waals surface area contributed by atoms with E-state index in [4.69, 9.17) is 15.3 Å². The summed E-state index contributed by atoms with van der Waals surface area (Å²) in [5.41, 5.74) is 0.512. The van der Waals surface area contributed by atoms with Gasteiger partial charge in [-0.3, -0.25) is 0 Å². The van der Waals surface area contributed by atoms with Gasteiger partial charge in [0.1, 0.15) is 0 Å². The van der Waals surface area contributed by atoms with Gasteiger partial charge in [0, 0.05) is 33.4 Å². The molecule has 1 aromatic rings. The maximum atomic E-state index is 10.1. The third-order valence-electron chi connectivity index (χ3n) is 1.42. The first-order valence-electron chi connectivity index (χ1n) is 3.52. The zero-order chi connectivity index (χ0) is 9.84. The van der Waals surface area contributed by atoms with E-state index in [1.54, 1.807) is 0 Å². The maximum Gasteiger partial charge on any atom is 0.328 e. The Labute approximate surface area is 101 Å². The van der Waals surface area contributed by atoms with Gasteiger partial charge in [0.2, 0.25) is 0 Å². The van der Waals surface area contributed by atoms with Crippen molar-refractivity contribution in [2.24, 2.45) is 0 Å². The summed E-state index contributed by atoms with van der Waals surface area (Å²) in [6.45, 7) is 0. The van der Waals surface area contributed by atoms with Gasteiger partial charge in [-0.25, -0.2) is 4.79 Å². The second-order valence-corrected chi connectivity index (χ2v) is 2.42. The Kier molecular flexibility index (Phi) is 5.21. The molecular weight excluding hydrogens is 379 g/mol. The quantitative estimate of drug-likeness (QED) is 0.399. The predicted octanol–water partition coefficient (Wildman–Crippen LogP) is 0.815. The minimum absolute atomic E-state index is 0. The Hall–Kier alpha value is -1.05. The van der Waals surface area contributed by atoms with Gasteiger partial charge in [0.15, 0.2) is 11.5 Å². The van der Waals surface area contributed by atoms with Crippen LogP contribution in [0.2, 0.25) is 0 Å². The number of carbonyl (C=O) groups is 1. The van der Waals surface area contributed by atoms with Crippen molar-refractivity contribution in [3.05, 3.63) is 29.8 Å². The van der Waals surface area contributed by atoms with Gasteiger partial charge in [-0.2, -0.15) is 0 Å². The molecule has 0 bridgehead atoms. The van der Waals surface area contributed by atoms with Crippen LogP contribution in [0.3, 0.4) is 0 Å². The van der Waals surface area contributed by atoms with Crippen LogP contribution in [0.5, 0.6) is 11.5 Å². The van der Waals surface area contributed by atoms with Crippen LogP contribution in [-0.2, 0) is 4.79 Å². The van der Waals surface area contributed by atoms with Gasteiger partial charge < -0.3 is 15.3 Å². The molecule has 0 heterocycles. The molecule has 4 nitrogen and oxygen atoms in total. The molecule has 3 N–H and O–H groups in total. The van der Waals surface area contributed by atoms with Crippen molar-refractivity contribution in [3.8, 4) is 11.5 Å². The summed E-state index contributed by atoms with van der Waals surface area (Å²) in [4.78, 5) is 10.1. The maximum absolute atomic E-state index is 10.1. The number of rotatable bonds is 2. The van der Waals surface area contributed by atoms with Gasteiger partial charge in [-0.15, -0.1) is 0 Å². The van der Waals surface area contributed by atoms with Crippen molar-refractivity contribution in [2.45, 2.75) is 0 Å². The summed E-state index contributed by atoms with van der Waals surface area (Å²) < 4.78 is 0. The van der Waals surface area contributed by atoms with Crippen molar-refractivity contribution in [1.82, 2.24) is 0 Å². The van der Waals surface area contributed by atoms with E-state index in [0.717, 1.165) is 6.08 Å². The molecule has 5 heteroatoms. The van der Waals surface area contributed by atoms with Crippen LogP contribution in [0.1, 0.15) is 5.56 Å². The van der Waals surface area contributed by atoms with Crippen molar-refractivity contribution >= 4 is 39.3 Å². The average molecular weight is 387 g/mol. The summed E-state index contributed by atoms with van der Waals surface area (Å²) in [6, 6.07) is 4.06. The number of aliphatic carboxylic acids is 1. The fourth-order valence-corrected chi connectivity index (χ4v) is 0.812. The standard InChI is InChI=1S/C9H8O4.Pb/c10-7-3-1-6(5-8(7)11)2-4-9(12)13;/h1-5,10-11H,(H,12,13);/b4-2+;. The van der Waals surface area contributed by atoms with Crippen molar-refractivity contribution < 1.29 is 20.1 Å². The fourth-order valence-electron chi connectivity index (χ4n) is 0.812. The van der Waals surface area contributed by atoms with Crippen LogP contribution >= 0.6 is 0 Å². The van der Waals surface area contributed by atoms with E-state index in [1.165, 1.54) is 24.3 Å². The second-order valence-electron chi connectivity index (χ2n) is 2.42. The van der Waals surface area contributed by atoms with Crippen molar-refractivity contribution in [3.63, 3.8) is 0 Å². The zero-order valence-corrected chi connectivity index (χ0v) is 11.0. The smallest absolute Gasteiger partial charge is 0.328 e. The van der Waals surface area contributed by atoms with Crippen molar-refractivity contribution in [2.75, 3.05) is 0 Å². The zero-order valence-electron chi connectivity index (χ0n) is 7.14. The molecule has 0 spiro atoms. The van der Waals surface area contributed by atoms with Gasteiger partial charge >= 0.3 is 5.97 Å². The first-order valence-corrected chi connectivity index (χ1v) is 3.52. The van der Waals surface area contributed by atoms with Crippen LogP contribution in [0.15, 0.2) is 24.3 Å². The largest absolute Gasteiger partial charge is 0.504 e. The van der Waals surface area contributed by atoms with E-state index in [2.05, 4.69) is 0 Å². The molecule has 0 atom stereocenters. The molecule has 0 aliphatic rings. The Balaban J connectivity index is 0.00000169. The Morgan fingerprint density at radius 1 is 1.21 bits per heavy atom. The molecule has 0 aromatic heterocycles. The summed E-state index contributed by atoms with van der Waals surface area (Å²) in [5.74, 6) is -1.56. The van der Waals surface area contributed by atoms with Gasteiger partial charge in [-0.1, -0.05) is 6.07 Å². The second kappa shape index (κ2) is 5.63. The van der Waals surface area contributed by atoms with E-state index in [0.29, 0.717) is 5.56 Å². The van der Waals surface area contributed by atoms with E-state index in [-0.39, 0.29) is 38.8 Å². The summed E-state index contributed by atoms with van der Waals surface area (Å²) >= 11 is 0. The number of hydrogen-bond acceptors (Lipinski definition) is 3. The Bertz CT molecular complexity index is 360. The van der Waals surface area contributed by atoms with E-state index in [1.807, 2.05) is 0 Å². The average Bonchev–Trinajstić information content (AvgIpc) is 2.07. The van der Waals surface area contributed by atoms with Crippen LogP contribution in [0, 0.1) is 0 Å². The molecule has 0 aliphatic carbocycles. The number of phenols is 2. The summed E-state index contributed by atoms with van der Waals surface area (Å²) in [7, 11) is 0. The first kappa shape index (κ1) is 13.0. The normalized spacial score (nSPS) is 9.71. The molecule has 0 saturated heterocycles. The summed E-state index contributed by atoms with van der Waals surface area (Å²) in [5, 5.41) is 26.3. The molecule has 0 fully saturated rings. The number of hydrogen-bond donors (Lipinski definition) is 3. The molecule has 1 aromatic carbocycles. The fraction of sp³-hybridized carbons (Fsp3) is 0. The molecule has 72 valence electrons. The third-order valence-corrected chi connectivity index (χ3v) is 1.42. The number of phenolic OH excluding ortho intramolecular Hbond substituents is 2. The number of benzene rings is 1. The van der Waals surface area contributed by atoms with Gasteiger partial charge in [0.05, 0.1) is 0 Å². The topological polar surface area (TPSA) is 77.8 Å². The predicted molar refractivity (Wildman–Crippen MR) is 52.2 cm³/mol. The van der Waals surface area contributed by atoms with E-state index < -0.39 is 5.97 Å². The molecule has 0 saturated carbocycles. The number of carboxylic acids is 1. The number of aromatic hydroxyl groups is 2. The molecule has 1 rings (SSSR count). The number of carboxylic acid groups (broad SMARTS) is 1. The van der Waals surface area contributed by atoms with E-state index >= 15 is 0 Å². The SMILES string of the molecule is O=C(O)/C=C/c1ccc(O)c(O)c1.[Pb]. The van der Waals surface area contributed by atoms with E-state index in [9.17, 15) is 4.79 Å². The first-order chi connectivity index (χ1) is 6.09.